The molecule has 0 N–H and O–H groups in total. The van der Waals surface area contributed by atoms with Crippen molar-refractivity contribution >= 4 is 27.3 Å². The first-order valence-electron chi connectivity index (χ1n) is 8.53. The summed E-state index contributed by atoms with van der Waals surface area (Å²) in [5, 5.41) is 0. The standard InChI is InChI=1S/C19H19F3N2O3S/c1-13-10-14-6-3-4-9-17(14)24(13)18(25)12-23(28(2,26)27)16-8-5-7-15(11-16)19(20,21)22/h3-9,11,13H,10,12H2,1-2H3/t13-/m0/s1. The fraction of sp³-hybridized carbons (Fsp3) is 0.316. The van der Waals surface area contributed by atoms with Crippen LogP contribution >= 0.6 is 0 Å². The number of carbonyl (C=O) groups is 1. The molecule has 1 heterocycles. The highest BCUT2D eigenvalue weighted by Gasteiger charge is 2.34. The lowest BCUT2D eigenvalue weighted by molar-refractivity contribution is -0.137. The van der Waals surface area contributed by atoms with Gasteiger partial charge in [0, 0.05) is 11.7 Å². The Bertz CT molecular complexity index is 1010. The third-order valence-electron chi connectivity index (χ3n) is 4.62. The lowest BCUT2D eigenvalue weighted by Gasteiger charge is -2.28. The van der Waals surface area contributed by atoms with E-state index >= 15 is 0 Å². The number of benzene rings is 2. The van der Waals surface area contributed by atoms with Crippen LogP contribution in [-0.2, 0) is 27.4 Å². The van der Waals surface area contributed by atoms with Gasteiger partial charge in [-0.25, -0.2) is 8.42 Å². The van der Waals surface area contributed by atoms with Gasteiger partial charge in [0.15, 0.2) is 0 Å². The van der Waals surface area contributed by atoms with E-state index in [1.807, 2.05) is 19.1 Å². The summed E-state index contributed by atoms with van der Waals surface area (Å²) in [5.74, 6) is -0.500. The molecule has 3 rings (SSSR count). The Hall–Kier alpha value is -2.55. The molecule has 1 aliphatic heterocycles. The van der Waals surface area contributed by atoms with Crippen LogP contribution in [-0.4, -0.2) is 33.2 Å². The molecule has 1 aliphatic rings. The van der Waals surface area contributed by atoms with E-state index in [2.05, 4.69) is 0 Å². The van der Waals surface area contributed by atoms with Crippen molar-refractivity contribution in [3.05, 3.63) is 59.7 Å². The average Bonchev–Trinajstić information content (AvgIpc) is 2.93. The predicted octanol–water partition coefficient (Wildman–Crippen LogP) is 3.45. The second-order valence-corrected chi connectivity index (χ2v) is 8.67. The van der Waals surface area contributed by atoms with Crippen molar-refractivity contribution in [3.8, 4) is 0 Å². The molecule has 0 aromatic heterocycles. The second kappa shape index (κ2) is 7.12. The number of sulfonamides is 1. The summed E-state index contributed by atoms with van der Waals surface area (Å²) in [4.78, 5) is 14.4. The summed E-state index contributed by atoms with van der Waals surface area (Å²) in [6.45, 7) is 1.26. The Balaban J connectivity index is 1.94. The number of alkyl halides is 3. The molecule has 0 bridgehead atoms. The lowest BCUT2D eigenvalue weighted by atomic mass is 10.1. The van der Waals surface area contributed by atoms with Gasteiger partial charge >= 0.3 is 6.18 Å². The zero-order valence-corrected chi connectivity index (χ0v) is 16.1. The van der Waals surface area contributed by atoms with Gasteiger partial charge in [-0.15, -0.1) is 0 Å². The molecule has 1 atom stereocenters. The van der Waals surface area contributed by atoms with E-state index in [9.17, 15) is 26.4 Å². The smallest absolute Gasteiger partial charge is 0.307 e. The molecule has 0 saturated carbocycles. The molecule has 0 radical (unpaired) electrons. The summed E-state index contributed by atoms with van der Waals surface area (Å²) in [5.41, 5.74) is 0.475. The van der Waals surface area contributed by atoms with Crippen LogP contribution in [0.15, 0.2) is 48.5 Å². The quantitative estimate of drug-likeness (QED) is 0.773. The molecule has 2 aromatic rings. The summed E-state index contributed by atoms with van der Waals surface area (Å²) in [7, 11) is -3.98. The first-order valence-corrected chi connectivity index (χ1v) is 10.4. The Kier molecular flexibility index (Phi) is 5.14. The maximum absolute atomic E-state index is 13.0. The van der Waals surface area contributed by atoms with E-state index < -0.39 is 34.2 Å². The maximum Gasteiger partial charge on any atom is 0.416 e. The number of rotatable bonds is 4. The van der Waals surface area contributed by atoms with Crippen molar-refractivity contribution in [1.29, 1.82) is 0 Å². The highest BCUT2D eigenvalue weighted by Crippen LogP contribution is 2.34. The van der Waals surface area contributed by atoms with Gasteiger partial charge < -0.3 is 4.90 Å². The van der Waals surface area contributed by atoms with E-state index in [0.717, 1.165) is 30.0 Å². The van der Waals surface area contributed by atoms with Crippen LogP contribution in [0.4, 0.5) is 24.5 Å². The number of halogens is 3. The van der Waals surface area contributed by atoms with Crippen molar-refractivity contribution in [3.63, 3.8) is 0 Å². The van der Waals surface area contributed by atoms with Crippen LogP contribution in [0.1, 0.15) is 18.1 Å². The molecule has 0 unspecified atom stereocenters. The van der Waals surface area contributed by atoms with Crippen LogP contribution in [0.25, 0.3) is 0 Å². The predicted molar refractivity (Wildman–Crippen MR) is 101 cm³/mol. The van der Waals surface area contributed by atoms with Gasteiger partial charge in [-0.2, -0.15) is 13.2 Å². The molecule has 2 aromatic carbocycles. The van der Waals surface area contributed by atoms with Crippen molar-refractivity contribution in [2.24, 2.45) is 0 Å². The largest absolute Gasteiger partial charge is 0.416 e. The van der Waals surface area contributed by atoms with E-state index in [4.69, 9.17) is 0 Å². The molecule has 0 saturated heterocycles. The number of nitrogens with zero attached hydrogens (tertiary/aromatic N) is 2. The molecule has 28 heavy (non-hydrogen) atoms. The highest BCUT2D eigenvalue weighted by atomic mass is 32.2. The van der Waals surface area contributed by atoms with Crippen LogP contribution in [0.2, 0.25) is 0 Å². The molecule has 5 nitrogen and oxygen atoms in total. The van der Waals surface area contributed by atoms with Crippen molar-refractivity contribution < 1.29 is 26.4 Å². The highest BCUT2D eigenvalue weighted by molar-refractivity contribution is 7.92. The van der Waals surface area contributed by atoms with Crippen LogP contribution in [0, 0.1) is 0 Å². The molecular weight excluding hydrogens is 393 g/mol. The van der Waals surface area contributed by atoms with Crippen molar-refractivity contribution in [2.45, 2.75) is 25.6 Å². The minimum absolute atomic E-state index is 0.173. The molecular formula is C19H19F3N2O3S. The molecule has 0 spiro atoms. The van der Waals surface area contributed by atoms with E-state index in [-0.39, 0.29) is 11.7 Å². The zero-order chi connectivity index (χ0) is 20.7. The maximum atomic E-state index is 13.0. The van der Waals surface area contributed by atoms with E-state index in [1.54, 1.807) is 12.1 Å². The second-order valence-electron chi connectivity index (χ2n) is 6.76. The van der Waals surface area contributed by atoms with Gasteiger partial charge in [0.2, 0.25) is 15.9 Å². The van der Waals surface area contributed by atoms with Gasteiger partial charge in [0.1, 0.15) is 6.54 Å². The Morgan fingerprint density at radius 2 is 1.86 bits per heavy atom. The normalized spacial score (nSPS) is 16.8. The summed E-state index contributed by atoms with van der Waals surface area (Å²) >= 11 is 0. The average molecular weight is 412 g/mol. The van der Waals surface area contributed by atoms with Gasteiger partial charge in [-0.05, 0) is 43.2 Å². The Morgan fingerprint density at radius 3 is 2.50 bits per heavy atom. The lowest BCUT2D eigenvalue weighted by Crippen LogP contribution is -2.45. The third kappa shape index (κ3) is 3.99. The molecule has 0 fully saturated rings. The summed E-state index contributed by atoms with van der Waals surface area (Å²) in [6.07, 6.45) is -3.13. The van der Waals surface area contributed by atoms with Gasteiger partial charge in [-0.1, -0.05) is 24.3 Å². The van der Waals surface area contributed by atoms with E-state index in [1.165, 1.54) is 11.0 Å². The third-order valence-corrected chi connectivity index (χ3v) is 5.76. The zero-order valence-electron chi connectivity index (χ0n) is 15.3. The number of para-hydroxylation sites is 1. The molecule has 9 heteroatoms. The Morgan fingerprint density at radius 1 is 1.18 bits per heavy atom. The first-order chi connectivity index (χ1) is 13.0. The fourth-order valence-electron chi connectivity index (χ4n) is 3.38. The number of anilines is 2. The van der Waals surface area contributed by atoms with Crippen molar-refractivity contribution in [1.82, 2.24) is 0 Å². The van der Waals surface area contributed by atoms with Crippen LogP contribution < -0.4 is 9.21 Å². The number of fused-ring (bicyclic) bond motifs is 1. The topological polar surface area (TPSA) is 57.7 Å². The number of hydrogen-bond donors (Lipinski definition) is 0. The molecule has 0 aliphatic carbocycles. The van der Waals surface area contributed by atoms with Crippen LogP contribution in [0.5, 0.6) is 0 Å². The minimum Gasteiger partial charge on any atom is -0.307 e. The van der Waals surface area contributed by atoms with E-state index in [0.29, 0.717) is 16.4 Å². The minimum atomic E-state index is -4.62. The Labute approximate surface area is 161 Å². The number of amides is 1. The summed E-state index contributed by atoms with van der Waals surface area (Å²) in [6, 6.07) is 11.1. The first kappa shape index (κ1) is 20.2. The van der Waals surface area contributed by atoms with Gasteiger partial charge in [0.05, 0.1) is 17.5 Å². The fourth-order valence-corrected chi connectivity index (χ4v) is 4.22. The SMILES string of the molecule is C[C@H]1Cc2ccccc2N1C(=O)CN(c1cccc(C(F)(F)F)c1)S(C)(=O)=O. The number of hydrogen-bond acceptors (Lipinski definition) is 3. The molecule has 150 valence electrons. The van der Waals surface area contributed by atoms with Gasteiger partial charge in [-0.3, -0.25) is 9.10 Å². The van der Waals surface area contributed by atoms with Crippen LogP contribution in [0.3, 0.4) is 0 Å². The van der Waals surface area contributed by atoms with Crippen molar-refractivity contribution in [2.75, 3.05) is 22.0 Å². The van der Waals surface area contributed by atoms with Gasteiger partial charge in [0.25, 0.3) is 0 Å². The number of carbonyl (C=O) groups excluding carboxylic acids is 1. The molecule has 1 amide bonds. The monoisotopic (exact) mass is 412 g/mol. The summed E-state index contributed by atoms with van der Waals surface area (Å²) < 4.78 is 64.2.